The second-order valence-corrected chi connectivity index (χ2v) is 10.6. The lowest BCUT2D eigenvalue weighted by Gasteiger charge is -2.30. The van der Waals surface area contributed by atoms with Crippen molar-refractivity contribution in [1.29, 1.82) is 0 Å². The molecule has 1 aromatic rings. The number of piperidine rings is 2. The van der Waals surface area contributed by atoms with Crippen molar-refractivity contribution < 1.29 is 14.4 Å². The second-order valence-electron chi connectivity index (χ2n) is 10.6. The predicted molar refractivity (Wildman–Crippen MR) is 134 cm³/mol. The van der Waals surface area contributed by atoms with Crippen molar-refractivity contribution >= 4 is 17.7 Å². The number of amides is 3. The number of rotatable bonds is 8. The minimum absolute atomic E-state index is 0.0192. The molecule has 0 aromatic carbocycles. The van der Waals surface area contributed by atoms with E-state index in [1.54, 1.807) is 9.58 Å². The molecule has 3 aliphatic rings. The third kappa shape index (κ3) is 6.63. The number of likely N-dealkylation sites (tertiary alicyclic amines) is 2. The highest BCUT2D eigenvalue weighted by molar-refractivity contribution is 5.94. The monoisotopic (exact) mass is 486 g/mol. The zero-order chi connectivity index (χ0) is 24.8. The fourth-order valence-corrected chi connectivity index (χ4v) is 5.71. The highest BCUT2D eigenvalue weighted by atomic mass is 16.2. The minimum atomic E-state index is -0.0644. The lowest BCUT2D eigenvalue weighted by molar-refractivity contribution is -0.134. The number of fused-ring (bicyclic) bond motifs is 1. The Labute approximate surface area is 209 Å². The van der Waals surface area contributed by atoms with Crippen LogP contribution in [0.3, 0.4) is 0 Å². The van der Waals surface area contributed by atoms with Crippen LogP contribution in [0, 0.1) is 5.92 Å². The van der Waals surface area contributed by atoms with Gasteiger partial charge >= 0.3 is 0 Å². The van der Waals surface area contributed by atoms with Gasteiger partial charge in [-0.2, -0.15) is 5.10 Å². The summed E-state index contributed by atoms with van der Waals surface area (Å²) in [6.45, 7) is 8.83. The van der Waals surface area contributed by atoms with Crippen LogP contribution in [-0.2, 0) is 29.6 Å². The quantitative estimate of drug-likeness (QED) is 0.567. The molecule has 0 unspecified atom stereocenters. The largest absolute Gasteiger partial charge is 0.356 e. The highest BCUT2D eigenvalue weighted by Gasteiger charge is 2.31. The van der Waals surface area contributed by atoms with Gasteiger partial charge in [0.05, 0.1) is 0 Å². The van der Waals surface area contributed by atoms with Crippen molar-refractivity contribution in [3.8, 4) is 0 Å². The Kier molecular flexibility index (Phi) is 8.81. The zero-order valence-corrected chi connectivity index (χ0v) is 21.6. The molecule has 4 heterocycles. The third-order valence-electron chi connectivity index (χ3n) is 7.72. The van der Waals surface area contributed by atoms with Crippen LogP contribution in [0.1, 0.15) is 80.0 Å². The summed E-state index contributed by atoms with van der Waals surface area (Å²) < 4.78 is 1.80. The van der Waals surface area contributed by atoms with Crippen LogP contribution in [0.5, 0.6) is 0 Å². The molecule has 0 spiro atoms. The van der Waals surface area contributed by atoms with Gasteiger partial charge in [-0.1, -0.05) is 6.92 Å². The second kappa shape index (κ2) is 12.0. The normalized spacial score (nSPS) is 21.0. The van der Waals surface area contributed by atoms with Gasteiger partial charge in [-0.05, 0) is 57.5 Å². The highest BCUT2D eigenvalue weighted by Crippen LogP contribution is 2.25. The first-order chi connectivity index (χ1) is 16.9. The van der Waals surface area contributed by atoms with Crippen LogP contribution in [0.4, 0.5) is 0 Å². The summed E-state index contributed by atoms with van der Waals surface area (Å²) in [6.07, 6.45) is 7.83. The Morgan fingerprint density at radius 3 is 2.57 bits per heavy atom. The summed E-state index contributed by atoms with van der Waals surface area (Å²) in [7, 11) is 1.87. The first-order valence-corrected chi connectivity index (χ1v) is 13.5. The lowest BCUT2D eigenvalue weighted by atomic mass is 10.0. The number of carbonyl (C=O) groups is 3. The number of nitrogens with one attached hydrogen (secondary N) is 1. The Morgan fingerprint density at radius 1 is 1.00 bits per heavy atom. The predicted octanol–water partition coefficient (Wildman–Crippen LogP) is 1.95. The van der Waals surface area contributed by atoms with E-state index in [1.165, 1.54) is 12.8 Å². The molecule has 0 radical (unpaired) electrons. The molecule has 1 N–H and O–H groups in total. The smallest absolute Gasteiger partial charge is 0.274 e. The van der Waals surface area contributed by atoms with Crippen molar-refractivity contribution in [1.82, 2.24) is 29.8 Å². The molecule has 9 heteroatoms. The molecule has 9 nitrogen and oxygen atoms in total. The molecule has 1 aromatic heterocycles. The molecule has 3 amide bonds. The van der Waals surface area contributed by atoms with Gasteiger partial charge in [0.2, 0.25) is 11.8 Å². The maximum Gasteiger partial charge on any atom is 0.274 e. The number of carbonyl (C=O) groups excluding carboxylic acids is 3. The van der Waals surface area contributed by atoms with Gasteiger partial charge in [0.1, 0.15) is 0 Å². The van der Waals surface area contributed by atoms with E-state index in [9.17, 15) is 14.4 Å². The average Bonchev–Trinajstić information content (AvgIpc) is 3.21. The van der Waals surface area contributed by atoms with Gasteiger partial charge in [-0.25, -0.2) is 0 Å². The van der Waals surface area contributed by atoms with E-state index in [4.69, 9.17) is 0 Å². The average molecular weight is 487 g/mol. The molecule has 35 heavy (non-hydrogen) atoms. The fraction of sp³-hybridized carbons (Fsp3) is 0.769. The number of aromatic nitrogens is 2. The third-order valence-corrected chi connectivity index (χ3v) is 7.72. The Bertz CT molecular complexity index is 907. The lowest BCUT2D eigenvalue weighted by Crippen LogP contribution is -2.39. The SMILES string of the molecule is C[C@H]1CCCN(CCCNC(=O)CCC(=O)N2CCc3c(c(C(=O)N4CCCCC4)nn3C)C2)C1. The van der Waals surface area contributed by atoms with Gasteiger partial charge in [0.25, 0.3) is 5.91 Å². The number of aryl methyl sites for hydroxylation is 1. The summed E-state index contributed by atoms with van der Waals surface area (Å²) in [5, 5.41) is 7.51. The van der Waals surface area contributed by atoms with Crippen LogP contribution in [-0.4, -0.2) is 88.0 Å². The fourth-order valence-electron chi connectivity index (χ4n) is 5.71. The Balaban J connectivity index is 1.22. The molecular weight excluding hydrogens is 444 g/mol. The minimum Gasteiger partial charge on any atom is -0.356 e. The van der Waals surface area contributed by atoms with E-state index in [-0.39, 0.29) is 30.6 Å². The van der Waals surface area contributed by atoms with Crippen LogP contribution >= 0.6 is 0 Å². The van der Waals surface area contributed by atoms with Crippen LogP contribution in [0.15, 0.2) is 0 Å². The first kappa shape index (κ1) is 25.7. The maximum atomic E-state index is 13.1. The molecule has 0 saturated carbocycles. The van der Waals surface area contributed by atoms with E-state index < -0.39 is 0 Å². The van der Waals surface area contributed by atoms with E-state index in [1.807, 2.05) is 11.9 Å². The van der Waals surface area contributed by atoms with Crippen molar-refractivity contribution in [2.75, 3.05) is 45.8 Å². The standard InChI is InChI=1S/C26H42N6O3/c1-20-8-6-13-30(18-20)14-7-12-27-23(33)9-10-24(34)32-17-11-22-21(19-32)25(28-29(22)2)26(35)31-15-4-3-5-16-31/h20H,3-19H2,1-2H3,(H,27,33)/t20-/m0/s1. The van der Waals surface area contributed by atoms with Crippen molar-refractivity contribution in [3.05, 3.63) is 17.0 Å². The number of hydrogen-bond donors (Lipinski definition) is 1. The zero-order valence-electron chi connectivity index (χ0n) is 21.6. The molecule has 194 valence electrons. The molecule has 4 rings (SSSR count). The molecular formula is C26H42N6O3. The maximum absolute atomic E-state index is 13.1. The Morgan fingerprint density at radius 2 is 1.80 bits per heavy atom. The van der Waals surface area contributed by atoms with Gasteiger partial charge < -0.3 is 20.0 Å². The van der Waals surface area contributed by atoms with Gasteiger partial charge in [0, 0.05) is 76.8 Å². The summed E-state index contributed by atoms with van der Waals surface area (Å²) in [4.78, 5) is 44.4. The summed E-state index contributed by atoms with van der Waals surface area (Å²) >= 11 is 0. The van der Waals surface area contributed by atoms with E-state index >= 15 is 0 Å². The summed E-state index contributed by atoms with van der Waals surface area (Å²) in [6, 6.07) is 0. The first-order valence-electron chi connectivity index (χ1n) is 13.5. The Hall–Kier alpha value is -2.42. The molecule has 3 aliphatic heterocycles. The van der Waals surface area contributed by atoms with Crippen LogP contribution in [0.2, 0.25) is 0 Å². The molecule has 2 saturated heterocycles. The number of nitrogens with zero attached hydrogens (tertiary/aromatic N) is 5. The van der Waals surface area contributed by atoms with Crippen molar-refractivity contribution in [2.24, 2.45) is 13.0 Å². The molecule has 0 aliphatic carbocycles. The molecule has 2 fully saturated rings. The summed E-state index contributed by atoms with van der Waals surface area (Å²) in [5.41, 5.74) is 2.40. The molecule has 0 bridgehead atoms. The van der Waals surface area contributed by atoms with Crippen LogP contribution < -0.4 is 5.32 Å². The van der Waals surface area contributed by atoms with Gasteiger partial charge in [-0.3, -0.25) is 19.1 Å². The number of hydrogen-bond acceptors (Lipinski definition) is 5. The van der Waals surface area contributed by atoms with Gasteiger partial charge in [-0.15, -0.1) is 0 Å². The van der Waals surface area contributed by atoms with Crippen LogP contribution in [0.25, 0.3) is 0 Å². The topological polar surface area (TPSA) is 90.8 Å². The van der Waals surface area contributed by atoms with Crippen molar-refractivity contribution in [3.63, 3.8) is 0 Å². The summed E-state index contributed by atoms with van der Waals surface area (Å²) in [5.74, 6) is 0.647. The van der Waals surface area contributed by atoms with Crippen molar-refractivity contribution in [2.45, 2.75) is 71.3 Å². The molecule has 1 atom stereocenters. The van der Waals surface area contributed by atoms with Gasteiger partial charge in [0.15, 0.2) is 5.69 Å². The van der Waals surface area contributed by atoms with E-state index in [0.29, 0.717) is 31.7 Å². The van der Waals surface area contributed by atoms with E-state index in [0.717, 1.165) is 75.6 Å². The van der Waals surface area contributed by atoms with E-state index in [2.05, 4.69) is 22.2 Å².